The Labute approximate surface area is 253 Å². The second-order valence-electron chi connectivity index (χ2n) is 12.4. The number of benzene rings is 2. The van der Waals surface area contributed by atoms with Crippen molar-refractivity contribution >= 4 is 11.8 Å². The van der Waals surface area contributed by atoms with Crippen LogP contribution in [0.15, 0.2) is 54.6 Å². The Bertz CT molecular complexity index is 1220. The predicted molar refractivity (Wildman–Crippen MR) is 174 cm³/mol. The van der Waals surface area contributed by atoms with Gasteiger partial charge in [0.2, 0.25) is 5.95 Å². The highest BCUT2D eigenvalue weighted by Gasteiger charge is 2.19. The number of aromatic nitrogens is 2. The van der Waals surface area contributed by atoms with Gasteiger partial charge in [-0.05, 0) is 54.5 Å². The first-order valence-electron chi connectivity index (χ1n) is 16.4. The number of aryl methyl sites for hydroxylation is 2. The van der Waals surface area contributed by atoms with Crippen LogP contribution in [0.1, 0.15) is 86.6 Å². The maximum absolute atomic E-state index is 5.39. The minimum atomic E-state index is 0.709. The normalized spacial score (nSPS) is 16.5. The highest BCUT2D eigenvalue weighted by atomic mass is 16.5. The van der Waals surface area contributed by atoms with Gasteiger partial charge in [0.25, 0.3) is 0 Å². The van der Waals surface area contributed by atoms with E-state index in [0.717, 1.165) is 62.4 Å². The van der Waals surface area contributed by atoms with Crippen LogP contribution >= 0.6 is 0 Å². The van der Waals surface area contributed by atoms with Crippen LogP contribution in [0.25, 0.3) is 0 Å². The third-order valence-electron chi connectivity index (χ3n) is 9.10. The third kappa shape index (κ3) is 9.45. The van der Waals surface area contributed by atoms with Crippen molar-refractivity contribution in [3.63, 3.8) is 0 Å². The lowest BCUT2D eigenvalue weighted by Gasteiger charge is -2.35. The fraction of sp³-hybridized carbons (Fsp3) is 0.556. The average molecular weight is 570 g/mol. The van der Waals surface area contributed by atoms with Crippen LogP contribution < -0.4 is 15.0 Å². The molecule has 1 saturated heterocycles. The number of rotatable bonds is 14. The number of hydrogen-bond donors (Lipinski definition) is 1. The summed E-state index contributed by atoms with van der Waals surface area (Å²) in [5.74, 6) is 3.67. The lowest BCUT2D eigenvalue weighted by atomic mass is 9.85. The van der Waals surface area contributed by atoms with Crippen LogP contribution in [0.2, 0.25) is 0 Å². The van der Waals surface area contributed by atoms with E-state index in [1.807, 2.05) is 6.07 Å². The summed E-state index contributed by atoms with van der Waals surface area (Å²) in [5.41, 5.74) is 5.00. The van der Waals surface area contributed by atoms with Gasteiger partial charge in [-0.3, -0.25) is 4.90 Å². The van der Waals surface area contributed by atoms with Crippen molar-refractivity contribution < 1.29 is 4.74 Å². The van der Waals surface area contributed by atoms with Gasteiger partial charge in [0.1, 0.15) is 11.6 Å². The summed E-state index contributed by atoms with van der Waals surface area (Å²) < 4.78 is 5.39. The van der Waals surface area contributed by atoms with E-state index in [1.54, 1.807) is 7.11 Å². The van der Waals surface area contributed by atoms with E-state index in [1.165, 1.54) is 87.3 Å². The molecule has 0 amide bonds. The fourth-order valence-electron chi connectivity index (χ4n) is 6.55. The summed E-state index contributed by atoms with van der Waals surface area (Å²) in [4.78, 5) is 14.4. The Kier molecular flexibility index (Phi) is 11.5. The van der Waals surface area contributed by atoms with Crippen LogP contribution in [0.4, 0.5) is 11.8 Å². The highest BCUT2D eigenvalue weighted by molar-refractivity contribution is 5.45. The quantitative estimate of drug-likeness (QED) is 0.200. The standard InChI is InChI=1S/C36H51N5O/c1-29-25-35(41-23-21-40(22-24-41)28-33-15-10-16-34(26-33)42-2)39-36(38-29)37-27-32-19-17-31(18-20-32)14-7-4-3-6-11-30-12-8-5-9-13-30/h10,15-20,25-26,30H,3-9,11-14,21-24,27-28H2,1-2H3,(H,37,38,39). The van der Waals surface area contributed by atoms with E-state index in [4.69, 9.17) is 9.72 Å². The Hall–Kier alpha value is -3.12. The molecule has 6 nitrogen and oxygen atoms in total. The van der Waals surface area contributed by atoms with Crippen molar-refractivity contribution in [1.29, 1.82) is 0 Å². The van der Waals surface area contributed by atoms with Gasteiger partial charge < -0.3 is 15.0 Å². The Morgan fingerprint density at radius 2 is 1.57 bits per heavy atom. The molecule has 1 N–H and O–H groups in total. The number of nitrogens with zero attached hydrogens (tertiary/aromatic N) is 4. The van der Waals surface area contributed by atoms with Crippen LogP contribution in [0.5, 0.6) is 5.75 Å². The van der Waals surface area contributed by atoms with Gasteiger partial charge in [0, 0.05) is 51.0 Å². The first kappa shape index (κ1) is 30.3. The lowest BCUT2D eigenvalue weighted by Crippen LogP contribution is -2.46. The first-order valence-corrected chi connectivity index (χ1v) is 16.4. The van der Waals surface area contributed by atoms with Crippen molar-refractivity contribution in [3.05, 3.63) is 77.0 Å². The summed E-state index contributed by atoms with van der Waals surface area (Å²) >= 11 is 0. The third-order valence-corrected chi connectivity index (χ3v) is 9.10. The van der Waals surface area contributed by atoms with Gasteiger partial charge in [-0.15, -0.1) is 0 Å². The largest absolute Gasteiger partial charge is 0.497 e. The molecule has 1 aliphatic heterocycles. The van der Waals surface area contributed by atoms with E-state index >= 15 is 0 Å². The molecular weight excluding hydrogens is 518 g/mol. The molecule has 6 heteroatoms. The van der Waals surface area contributed by atoms with Crippen molar-refractivity contribution in [3.8, 4) is 5.75 Å². The Morgan fingerprint density at radius 1 is 0.810 bits per heavy atom. The molecule has 2 aromatic carbocycles. The zero-order valence-corrected chi connectivity index (χ0v) is 26.0. The number of unbranched alkanes of at least 4 members (excludes halogenated alkanes) is 3. The zero-order chi connectivity index (χ0) is 29.0. The molecule has 5 rings (SSSR count). The molecule has 3 aromatic rings. The van der Waals surface area contributed by atoms with E-state index in [0.29, 0.717) is 5.95 Å². The molecule has 0 unspecified atom stereocenters. The molecule has 2 aliphatic rings. The number of hydrogen-bond acceptors (Lipinski definition) is 6. The molecule has 1 aliphatic carbocycles. The first-order chi connectivity index (χ1) is 20.6. The highest BCUT2D eigenvalue weighted by Crippen LogP contribution is 2.28. The van der Waals surface area contributed by atoms with Gasteiger partial charge >= 0.3 is 0 Å². The lowest BCUT2D eigenvalue weighted by molar-refractivity contribution is 0.249. The minimum Gasteiger partial charge on any atom is -0.497 e. The minimum absolute atomic E-state index is 0.709. The number of methoxy groups -OCH3 is 1. The maximum atomic E-state index is 5.39. The van der Waals surface area contributed by atoms with Gasteiger partial charge in [-0.1, -0.05) is 94.2 Å². The average Bonchev–Trinajstić information content (AvgIpc) is 3.03. The number of nitrogens with one attached hydrogen (secondary N) is 1. The predicted octanol–water partition coefficient (Wildman–Crippen LogP) is 7.80. The second-order valence-corrected chi connectivity index (χ2v) is 12.4. The van der Waals surface area contributed by atoms with E-state index < -0.39 is 0 Å². The SMILES string of the molecule is COc1cccc(CN2CCN(c3cc(C)nc(NCc4ccc(CCCCCCC5CCCCC5)cc4)n3)CC2)c1. The van der Waals surface area contributed by atoms with Crippen LogP contribution in [-0.4, -0.2) is 48.2 Å². The second kappa shape index (κ2) is 15.9. The van der Waals surface area contributed by atoms with Crippen LogP contribution in [0.3, 0.4) is 0 Å². The summed E-state index contributed by atoms with van der Waals surface area (Å²) in [6.07, 6.45) is 15.5. The number of piperazine rings is 1. The van der Waals surface area contributed by atoms with Crippen LogP contribution in [0, 0.1) is 12.8 Å². The Balaban J connectivity index is 1.02. The zero-order valence-electron chi connectivity index (χ0n) is 26.0. The molecule has 0 atom stereocenters. The van der Waals surface area contributed by atoms with Gasteiger partial charge in [0.05, 0.1) is 7.11 Å². The molecular formula is C36H51N5O. The molecule has 2 heterocycles. The molecule has 2 fully saturated rings. The van der Waals surface area contributed by atoms with E-state index in [9.17, 15) is 0 Å². The van der Waals surface area contributed by atoms with E-state index in [2.05, 4.69) is 75.6 Å². The Morgan fingerprint density at radius 3 is 2.36 bits per heavy atom. The topological polar surface area (TPSA) is 53.5 Å². The summed E-state index contributed by atoms with van der Waals surface area (Å²) in [6.45, 7) is 7.67. The summed E-state index contributed by atoms with van der Waals surface area (Å²) in [7, 11) is 1.72. The van der Waals surface area contributed by atoms with Crippen molar-refractivity contribution in [2.75, 3.05) is 43.5 Å². The molecule has 0 radical (unpaired) electrons. The number of anilines is 2. The summed E-state index contributed by atoms with van der Waals surface area (Å²) in [5, 5.41) is 3.48. The van der Waals surface area contributed by atoms with Gasteiger partial charge in [0.15, 0.2) is 0 Å². The molecule has 0 spiro atoms. The van der Waals surface area contributed by atoms with E-state index in [-0.39, 0.29) is 0 Å². The van der Waals surface area contributed by atoms with Crippen molar-refractivity contribution in [1.82, 2.24) is 14.9 Å². The molecule has 42 heavy (non-hydrogen) atoms. The van der Waals surface area contributed by atoms with Gasteiger partial charge in [-0.25, -0.2) is 4.98 Å². The smallest absolute Gasteiger partial charge is 0.225 e. The van der Waals surface area contributed by atoms with Crippen molar-refractivity contribution in [2.24, 2.45) is 5.92 Å². The monoisotopic (exact) mass is 569 g/mol. The fourth-order valence-corrected chi connectivity index (χ4v) is 6.55. The molecule has 1 aromatic heterocycles. The van der Waals surface area contributed by atoms with Gasteiger partial charge in [-0.2, -0.15) is 4.98 Å². The summed E-state index contributed by atoms with van der Waals surface area (Å²) in [6, 6.07) is 19.6. The van der Waals surface area contributed by atoms with Crippen LogP contribution in [-0.2, 0) is 19.5 Å². The maximum Gasteiger partial charge on any atom is 0.225 e. The number of ether oxygens (including phenoxy) is 1. The molecule has 0 bridgehead atoms. The molecule has 1 saturated carbocycles. The molecule has 226 valence electrons. The van der Waals surface area contributed by atoms with Crippen molar-refractivity contribution in [2.45, 2.75) is 90.6 Å².